The van der Waals surface area contributed by atoms with Gasteiger partial charge in [-0.3, -0.25) is 0 Å². The van der Waals surface area contributed by atoms with Gasteiger partial charge in [-0.1, -0.05) is 30.9 Å². The quantitative estimate of drug-likeness (QED) is 0.361. The highest BCUT2D eigenvalue weighted by atomic mass is 16.5. The van der Waals surface area contributed by atoms with E-state index >= 15 is 0 Å². The van der Waals surface area contributed by atoms with Crippen molar-refractivity contribution < 1.29 is 9.53 Å². The van der Waals surface area contributed by atoms with Crippen LogP contribution in [0.15, 0.2) is 54.8 Å². The lowest BCUT2D eigenvalue weighted by Crippen LogP contribution is -2.06. The zero-order valence-electron chi connectivity index (χ0n) is 11.1. The number of aromatic nitrogens is 3. The summed E-state index contributed by atoms with van der Waals surface area (Å²) in [6, 6.07) is 11.1. The van der Waals surface area contributed by atoms with Crippen molar-refractivity contribution in [3.05, 3.63) is 60.5 Å². The van der Waals surface area contributed by atoms with Crippen LogP contribution < -0.4 is 0 Å². The molecule has 0 amide bonds. The predicted molar refractivity (Wildman–Crippen MR) is 76.1 cm³/mol. The molecule has 1 heterocycles. The van der Waals surface area contributed by atoms with Gasteiger partial charge in [0, 0.05) is 0 Å². The Morgan fingerprint density at radius 3 is 2.86 bits per heavy atom. The molecule has 0 spiro atoms. The van der Waals surface area contributed by atoms with E-state index < -0.39 is 5.97 Å². The number of carbonyl (C=O) groups excluding carboxylic acids is 1. The maximum Gasteiger partial charge on any atom is 0.349 e. The van der Waals surface area contributed by atoms with E-state index in [-0.39, 0.29) is 12.2 Å². The lowest BCUT2D eigenvalue weighted by molar-refractivity contribution is -0.137. The number of nitriles is 1. The van der Waals surface area contributed by atoms with Crippen molar-refractivity contribution in [1.82, 2.24) is 15.0 Å². The molecule has 0 aliphatic carbocycles. The standard InChI is InChI=1S/C15H12N4O2/c1-2-8-21-15(20)12(10-16)9-13-11-17-19(18-13)14-6-4-3-5-7-14/h2-7,9,11H,1,8H2/b12-9-. The molecule has 2 aromatic rings. The second-order valence-corrected chi connectivity index (χ2v) is 3.95. The number of hydrogen-bond donors (Lipinski definition) is 0. The highest BCUT2D eigenvalue weighted by Crippen LogP contribution is 2.08. The van der Waals surface area contributed by atoms with Gasteiger partial charge in [0.25, 0.3) is 0 Å². The molecule has 0 atom stereocenters. The molecule has 0 N–H and O–H groups in total. The number of esters is 1. The fraction of sp³-hybridized carbons (Fsp3) is 0.0667. The van der Waals surface area contributed by atoms with Crippen molar-refractivity contribution in [2.45, 2.75) is 0 Å². The molecule has 0 unspecified atom stereocenters. The molecule has 0 radical (unpaired) electrons. The summed E-state index contributed by atoms with van der Waals surface area (Å²) in [5.74, 6) is -0.716. The summed E-state index contributed by atoms with van der Waals surface area (Å²) in [7, 11) is 0. The first-order valence-corrected chi connectivity index (χ1v) is 6.12. The third-order valence-corrected chi connectivity index (χ3v) is 2.46. The summed E-state index contributed by atoms with van der Waals surface area (Å²) in [6.07, 6.45) is 4.22. The molecule has 2 rings (SSSR count). The van der Waals surface area contributed by atoms with E-state index in [0.717, 1.165) is 5.69 Å². The van der Waals surface area contributed by atoms with Crippen molar-refractivity contribution >= 4 is 12.0 Å². The number of ether oxygens (including phenoxy) is 1. The van der Waals surface area contributed by atoms with Crippen LogP contribution in [-0.4, -0.2) is 27.6 Å². The molecule has 0 aliphatic heterocycles. The van der Waals surface area contributed by atoms with Crippen LogP contribution >= 0.6 is 0 Å². The SMILES string of the molecule is C=CCOC(=O)/C(C#N)=C\c1cnn(-c2ccccc2)n1. The summed E-state index contributed by atoms with van der Waals surface area (Å²) < 4.78 is 4.81. The van der Waals surface area contributed by atoms with Crippen molar-refractivity contribution in [2.75, 3.05) is 6.61 Å². The molecule has 104 valence electrons. The summed E-state index contributed by atoms with van der Waals surface area (Å²) in [6.45, 7) is 3.48. The molecule has 1 aromatic heterocycles. The van der Waals surface area contributed by atoms with E-state index in [1.54, 1.807) is 6.07 Å². The number of nitrogens with zero attached hydrogens (tertiary/aromatic N) is 4. The van der Waals surface area contributed by atoms with Gasteiger partial charge in [0.15, 0.2) is 0 Å². The number of carbonyl (C=O) groups is 1. The van der Waals surface area contributed by atoms with E-state index in [9.17, 15) is 4.79 Å². The minimum absolute atomic E-state index is 0.0502. The van der Waals surface area contributed by atoms with Gasteiger partial charge >= 0.3 is 5.97 Å². The van der Waals surface area contributed by atoms with Gasteiger partial charge < -0.3 is 4.74 Å². The topological polar surface area (TPSA) is 80.8 Å². The Hall–Kier alpha value is -3.20. The van der Waals surface area contributed by atoms with E-state index in [1.165, 1.54) is 23.1 Å². The van der Waals surface area contributed by atoms with Gasteiger partial charge in [0.05, 0.1) is 11.9 Å². The van der Waals surface area contributed by atoms with Gasteiger partial charge in [0.1, 0.15) is 23.9 Å². The van der Waals surface area contributed by atoms with Crippen LogP contribution in [0.4, 0.5) is 0 Å². The van der Waals surface area contributed by atoms with E-state index in [0.29, 0.717) is 5.69 Å². The monoisotopic (exact) mass is 280 g/mol. The van der Waals surface area contributed by atoms with Crippen LogP contribution in [0.5, 0.6) is 0 Å². The van der Waals surface area contributed by atoms with E-state index in [2.05, 4.69) is 16.8 Å². The Morgan fingerprint density at radius 1 is 1.43 bits per heavy atom. The van der Waals surface area contributed by atoms with E-state index in [4.69, 9.17) is 10.00 Å². The average Bonchev–Trinajstić information content (AvgIpc) is 2.99. The zero-order chi connectivity index (χ0) is 15.1. The molecule has 0 bridgehead atoms. The maximum absolute atomic E-state index is 11.6. The van der Waals surface area contributed by atoms with Crippen LogP contribution in [0.2, 0.25) is 0 Å². The second-order valence-electron chi connectivity index (χ2n) is 3.95. The first-order chi connectivity index (χ1) is 10.2. The lowest BCUT2D eigenvalue weighted by atomic mass is 10.2. The van der Waals surface area contributed by atoms with Gasteiger partial charge in [-0.15, -0.1) is 5.10 Å². The number of hydrogen-bond acceptors (Lipinski definition) is 5. The largest absolute Gasteiger partial charge is 0.457 e. The lowest BCUT2D eigenvalue weighted by Gasteiger charge is -1.98. The molecule has 0 aliphatic rings. The Morgan fingerprint density at radius 2 is 2.19 bits per heavy atom. The van der Waals surface area contributed by atoms with Crippen LogP contribution in [0.1, 0.15) is 5.69 Å². The molecule has 0 saturated heterocycles. The number of benzene rings is 1. The van der Waals surface area contributed by atoms with Gasteiger partial charge in [-0.05, 0) is 18.2 Å². The fourth-order valence-corrected chi connectivity index (χ4v) is 1.52. The summed E-state index contributed by atoms with van der Waals surface area (Å²) in [5.41, 5.74) is 1.04. The minimum atomic E-state index is -0.716. The van der Waals surface area contributed by atoms with Gasteiger partial charge in [-0.2, -0.15) is 15.2 Å². The minimum Gasteiger partial charge on any atom is -0.457 e. The normalized spacial score (nSPS) is 10.7. The molecule has 21 heavy (non-hydrogen) atoms. The van der Waals surface area contributed by atoms with Crippen molar-refractivity contribution in [3.63, 3.8) is 0 Å². The Bertz CT molecular complexity index is 711. The molecular weight excluding hydrogens is 268 g/mol. The first kappa shape index (κ1) is 14.2. The molecular formula is C15H12N4O2. The van der Waals surface area contributed by atoms with Crippen LogP contribution in [0.25, 0.3) is 11.8 Å². The van der Waals surface area contributed by atoms with Crippen molar-refractivity contribution in [3.8, 4) is 11.8 Å². The average molecular weight is 280 g/mol. The summed E-state index contributed by atoms with van der Waals surface area (Å²) in [4.78, 5) is 13.0. The Labute approximate surface area is 121 Å². The van der Waals surface area contributed by atoms with Gasteiger partial charge in [-0.25, -0.2) is 4.79 Å². The first-order valence-electron chi connectivity index (χ1n) is 6.12. The Balaban J connectivity index is 2.21. The predicted octanol–water partition coefficient (Wildman–Crippen LogP) is 1.90. The molecule has 1 aromatic carbocycles. The smallest absolute Gasteiger partial charge is 0.349 e. The molecule has 6 heteroatoms. The van der Waals surface area contributed by atoms with Crippen molar-refractivity contribution in [2.24, 2.45) is 0 Å². The highest BCUT2D eigenvalue weighted by molar-refractivity contribution is 5.97. The highest BCUT2D eigenvalue weighted by Gasteiger charge is 2.11. The fourth-order valence-electron chi connectivity index (χ4n) is 1.52. The third kappa shape index (κ3) is 3.64. The van der Waals surface area contributed by atoms with Crippen LogP contribution in [-0.2, 0) is 9.53 Å². The molecule has 0 saturated carbocycles. The zero-order valence-corrected chi connectivity index (χ0v) is 11.1. The van der Waals surface area contributed by atoms with Gasteiger partial charge in [0.2, 0.25) is 0 Å². The molecule has 0 fully saturated rings. The van der Waals surface area contributed by atoms with Crippen LogP contribution in [0, 0.1) is 11.3 Å². The maximum atomic E-state index is 11.6. The Kier molecular flexibility index (Phi) is 4.62. The summed E-state index contributed by atoms with van der Waals surface area (Å²) in [5, 5.41) is 17.2. The third-order valence-electron chi connectivity index (χ3n) is 2.46. The number of para-hydroxylation sites is 1. The second kappa shape index (κ2) is 6.82. The van der Waals surface area contributed by atoms with Crippen molar-refractivity contribution in [1.29, 1.82) is 5.26 Å². The summed E-state index contributed by atoms with van der Waals surface area (Å²) >= 11 is 0. The molecule has 6 nitrogen and oxygen atoms in total. The number of rotatable bonds is 5. The van der Waals surface area contributed by atoms with E-state index in [1.807, 2.05) is 30.3 Å². The van der Waals surface area contributed by atoms with Crippen LogP contribution in [0.3, 0.4) is 0 Å².